The first-order valence-corrected chi connectivity index (χ1v) is 6.80. The average molecular weight is 255 g/mol. The summed E-state index contributed by atoms with van der Waals surface area (Å²) in [5.41, 5.74) is 2.52. The van der Waals surface area contributed by atoms with Gasteiger partial charge in [-0.1, -0.05) is 26.2 Å². The van der Waals surface area contributed by atoms with Crippen LogP contribution in [0.4, 0.5) is 0 Å². The molecule has 0 aromatic carbocycles. The highest BCUT2D eigenvalue weighted by molar-refractivity contribution is 5.84. The molecule has 0 bridgehead atoms. The number of carbonyl (C=O) groups excluding carboxylic acids is 1. The lowest BCUT2D eigenvalue weighted by Crippen LogP contribution is -2.47. The van der Waals surface area contributed by atoms with Gasteiger partial charge in [-0.05, 0) is 19.3 Å². The van der Waals surface area contributed by atoms with Gasteiger partial charge >= 0.3 is 0 Å². The fraction of sp³-hybridized carbons (Fsp3) is 0.833. The summed E-state index contributed by atoms with van der Waals surface area (Å²) in [5.74, 6) is 5.84. The molecule has 0 atom stereocenters. The number of hydrogen-bond donors (Lipinski definition) is 4. The first-order chi connectivity index (χ1) is 8.76. The molecule has 1 amide bonds. The van der Waals surface area contributed by atoms with Crippen LogP contribution in [0.25, 0.3) is 0 Å². The van der Waals surface area contributed by atoms with Crippen molar-refractivity contribution in [1.82, 2.24) is 16.1 Å². The van der Waals surface area contributed by atoms with Gasteiger partial charge in [-0.3, -0.25) is 10.2 Å². The minimum Gasteiger partial charge on any atom is -0.355 e. The quantitative estimate of drug-likeness (QED) is 0.245. The van der Waals surface area contributed by atoms with E-state index in [1.165, 1.54) is 19.3 Å². The number of carbonyl (C=O) groups is 1. The van der Waals surface area contributed by atoms with Gasteiger partial charge in [-0.2, -0.15) is 0 Å². The van der Waals surface area contributed by atoms with E-state index in [4.69, 9.17) is 5.84 Å². The normalized spacial score (nSPS) is 17.3. The molecule has 18 heavy (non-hydrogen) atoms. The number of nitrogens with zero attached hydrogens (tertiary/aromatic N) is 1. The second-order valence-electron chi connectivity index (χ2n) is 4.64. The molecule has 0 unspecified atom stereocenters. The third kappa shape index (κ3) is 5.86. The predicted molar refractivity (Wildman–Crippen MR) is 72.9 cm³/mol. The molecular weight excluding hydrogens is 230 g/mol. The van der Waals surface area contributed by atoms with Crippen molar-refractivity contribution in [2.75, 3.05) is 13.1 Å². The molecule has 0 spiro atoms. The SMILES string of the molecule is CCCNC(=O)CN=C(NN)NC1CCCCC1. The first-order valence-electron chi connectivity index (χ1n) is 6.80. The van der Waals surface area contributed by atoms with Crippen LogP contribution in [-0.2, 0) is 4.79 Å². The van der Waals surface area contributed by atoms with Crippen molar-refractivity contribution in [2.45, 2.75) is 51.5 Å². The number of nitrogens with one attached hydrogen (secondary N) is 3. The second kappa shape index (κ2) is 8.74. The van der Waals surface area contributed by atoms with Gasteiger partial charge in [0.1, 0.15) is 6.54 Å². The van der Waals surface area contributed by atoms with Crippen molar-refractivity contribution >= 4 is 11.9 Å². The maximum atomic E-state index is 11.4. The van der Waals surface area contributed by atoms with E-state index >= 15 is 0 Å². The standard InChI is InChI=1S/C12H25N5O/c1-2-8-14-11(18)9-15-12(17-13)16-10-6-4-3-5-7-10/h10H,2-9,13H2,1H3,(H,14,18)(H2,15,16,17). The highest BCUT2D eigenvalue weighted by Crippen LogP contribution is 2.16. The Bertz CT molecular complexity index is 274. The molecule has 0 radical (unpaired) electrons. The van der Waals surface area contributed by atoms with Crippen molar-refractivity contribution in [2.24, 2.45) is 10.8 Å². The van der Waals surface area contributed by atoms with Gasteiger partial charge in [-0.15, -0.1) is 0 Å². The van der Waals surface area contributed by atoms with Crippen molar-refractivity contribution < 1.29 is 4.79 Å². The van der Waals surface area contributed by atoms with E-state index in [0.717, 1.165) is 19.3 Å². The maximum absolute atomic E-state index is 11.4. The van der Waals surface area contributed by atoms with Gasteiger partial charge in [0, 0.05) is 12.6 Å². The van der Waals surface area contributed by atoms with Gasteiger partial charge in [0.2, 0.25) is 11.9 Å². The van der Waals surface area contributed by atoms with E-state index in [1.54, 1.807) is 0 Å². The molecule has 0 saturated heterocycles. The number of amides is 1. The smallest absolute Gasteiger partial charge is 0.241 e. The van der Waals surface area contributed by atoms with Crippen LogP contribution < -0.4 is 21.9 Å². The Morgan fingerprint density at radius 3 is 2.67 bits per heavy atom. The summed E-state index contributed by atoms with van der Waals surface area (Å²) >= 11 is 0. The Kier molecular flexibility index (Phi) is 7.17. The van der Waals surface area contributed by atoms with E-state index in [-0.39, 0.29) is 12.5 Å². The third-order valence-electron chi connectivity index (χ3n) is 3.04. The Morgan fingerprint density at radius 1 is 1.33 bits per heavy atom. The van der Waals surface area contributed by atoms with Gasteiger partial charge < -0.3 is 10.6 Å². The highest BCUT2D eigenvalue weighted by atomic mass is 16.1. The summed E-state index contributed by atoms with van der Waals surface area (Å²) in [5, 5.41) is 6.02. The molecule has 0 aromatic rings. The largest absolute Gasteiger partial charge is 0.355 e. The predicted octanol–water partition coefficient (Wildman–Crippen LogP) is 0.254. The summed E-state index contributed by atoms with van der Waals surface area (Å²) in [7, 11) is 0. The number of hydrazine groups is 1. The van der Waals surface area contributed by atoms with Crippen molar-refractivity contribution in [3.63, 3.8) is 0 Å². The molecule has 6 heteroatoms. The summed E-state index contributed by atoms with van der Waals surface area (Å²) in [6.07, 6.45) is 7.00. The van der Waals surface area contributed by atoms with Crippen LogP contribution in [0.1, 0.15) is 45.4 Å². The number of aliphatic imine (C=N–C) groups is 1. The van der Waals surface area contributed by atoms with Crippen LogP contribution in [0.3, 0.4) is 0 Å². The van der Waals surface area contributed by atoms with Crippen molar-refractivity contribution in [3.8, 4) is 0 Å². The van der Waals surface area contributed by atoms with E-state index < -0.39 is 0 Å². The molecule has 1 aliphatic carbocycles. The van der Waals surface area contributed by atoms with Gasteiger partial charge in [0.05, 0.1) is 0 Å². The Hall–Kier alpha value is -1.30. The van der Waals surface area contributed by atoms with Crippen molar-refractivity contribution in [3.05, 3.63) is 0 Å². The minimum absolute atomic E-state index is 0.0740. The minimum atomic E-state index is -0.0740. The number of rotatable bonds is 5. The van der Waals surface area contributed by atoms with E-state index in [1.807, 2.05) is 6.92 Å². The van der Waals surface area contributed by atoms with Crippen LogP contribution in [0.15, 0.2) is 4.99 Å². The molecule has 1 fully saturated rings. The second-order valence-corrected chi connectivity index (χ2v) is 4.64. The number of hydrogen-bond acceptors (Lipinski definition) is 3. The molecule has 6 nitrogen and oxygen atoms in total. The van der Waals surface area contributed by atoms with Gasteiger partial charge in [0.25, 0.3) is 0 Å². The van der Waals surface area contributed by atoms with Crippen LogP contribution in [0.2, 0.25) is 0 Å². The molecule has 0 aliphatic heterocycles. The lowest BCUT2D eigenvalue weighted by Gasteiger charge is -2.24. The average Bonchev–Trinajstić information content (AvgIpc) is 2.42. The van der Waals surface area contributed by atoms with E-state index in [9.17, 15) is 4.79 Å². The lowest BCUT2D eigenvalue weighted by molar-refractivity contribution is -0.119. The zero-order valence-electron chi connectivity index (χ0n) is 11.2. The monoisotopic (exact) mass is 255 g/mol. The molecule has 0 aromatic heterocycles. The molecule has 5 N–H and O–H groups in total. The van der Waals surface area contributed by atoms with Crippen LogP contribution in [0, 0.1) is 0 Å². The summed E-state index contributed by atoms with van der Waals surface area (Å²) in [6.45, 7) is 2.82. The van der Waals surface area contributed by atoms with Crippen LogP contribution >= 0.6 is 0 Å². The van der Waals surface area contributed by atoms with Gasteiger partial charge in [0.15, 0.2) is 0 Å². The lowest BCUT2D eigenvalue weighted by atomic mass is 9.96. The van der Waals surface area contributed by atoms with Crippen molar-refractivity contribution in [1.29, 1.82) is 0 Å². The number of guanidine groups is 1. The first kappa shape index (κ1) is 14.8. The molecule has 1 aliphatic rings. The van der Waals surface area contributed by atoms with Gasteiger partial charge in [-0.25, -0.2) is 10.8 Å². The van der Waals surface area contributed by atoms with Crippen LogP contribution in [-0.4, -0.2) is 31.0 Å². The molecule has 104 valence electrons. The topological polar surface area (TPSA) is 91.5 Å². The number of nitrogens with two attached hydrogens (primary N) is 1. The molecule has 1 saturated carbocycles. The molecular formula is C12H25N5O. The molecule has 1 rings (SSSR count). The van der Waals surface area contributed by atoms with Crippen LogP contribution in [0.5, 0.6) is 0 Å². The fourth-order valence-electron chi connectivity index (χ4n) is 2.04. The fourth-order valence-corrected chi connectivity index (χ4v) is 2.04. The summed E-state index contributed by atoms with van der Waals surface area (Å²) < 4.78 is 0. The summed E-state index contributed by atoms with van der Waals surface area (Å²) in [6, 6.07) is 0.423. The van der Waals surface area contributed by atoms with E-state index in [2.05, 4.69) is 21.1 Å². The zero-order valence-corrected chi connectivity index (χ0v) is 11.2. The maximum Gasteiger partial charge on any atom is 0.241 e. The Balaban J connectivity index is 2.31. The Morgan fingerprint density at radius 2 is 2.06 bits per heavy atom. The highest BCUT2D eigenvalue weighted by Gasteiger charge is 2.14. The Labute approximate surface area is 109 Å². The zero-order chi connectivity index (χ0) is 13.2. The molecule has 0 heterocycles. The summed E-state index contributed by atoms with van der Waals surface area (Å²) in [4.78, 5) is 15.5. The van der Waals surface area contributed by atoms with E-state index in [0.29, 0.717) is 18.5 Å². The third-order valence-corrected chi connectivity index (χ3v) is 3.04.